The van der Waals surface area contributed by atoms with Crippen LogP contribution in [0.25, 0.3) is 0 Å². The smallest absolute Gasteiger partial charge is 0.401 e. The molecular weight excluding hydrogens is 555 g/mol. The first-order chi connectivity index (χ1) is 18.3. The number of aryl methyl sites for hydroxylation is 1. The Hall–Kier alpha value is -2.37. The third-order valence-electron chi connectivity index (χ3n) is 8.09. The summed E-state index contributed by atoms with van der Waals surface area (Å²) in [5.74, 6) is -0.946. The number of benzene rings is 1. The van der Waals surface area contributed by atoms with Crippen molar-refractivity contribution in [1.82, 2.24) is 15.2 Å². The number of likely N-dealkylation sites (tertiary alicyclic amines) is 1. The molecule has 2 bridgehead atoms. The number of aromatic amines is 1. The molecule has 12 heteroatoms. The fourth-order valence-electron chi connectivity index (χ4n) is 6.58. The minimum Gasteiger partial charge on any atom is -0.448 e. The van der Waals surface area contributed by atoms with E-state index >= 15 is 0 Å². The normalized spacial score (nSPS) is 26.2. The number of alkyl halides is 3. The molecule has 2 N–H and O–H groups in total. The second kappa shape index (κ2) is 10.2. The number of halogens is 4. The Morgan fingerprint density at radius 2 is 1.85 bits per heavy atom. The summed E-state index contributed by atoms with van der Waals surface area (Å²) in [6, 6.07) is 3.38. The van der Waals surface area contributed by atoms with Gasteiger partial charge >= 0.3 is 6.18 Å². The van der Waals surface area contributed by atoms with Gasteiger partial charge in [0.15, 0.2) is 11.5 Å². The molecule has 3 atom stereocenters. The Morgan fingerprint density at radius 3 is 2.46 bits per heavy atom. The van der Waals surface area contributed by atoms with Crippen LogP contribution >= 0.6 is 23.4 Å². The van der Waals surface area contributed by atoms with E-state index in [4.69, 9.17) is 21.1 Å². The Bertz CT molecular complexity index is 1350. The van der Waals surface area contributed by atoms with E-state index < -0.39 is 24.4 Å². The quantitative estimate of drug-likeness (QED) is 0.448. The standard InChI is InChI=1S/C27H31ClF3N3O4S/c1-13-7-20(39-4)18(25(36)33-13)9-32-24(35)17-8-19(28)23-22(14(17)2)37-26(3,38-23)21-15-5-6-16(21)11-34(10-15)12-27(29,30)31/h7-8,15-16,21H,5-6,9-12H2,1-4H3,(H,32,35)(H,33,36). The SMILES string of the molecule is CSc1cc(C)[nH]c(=O)c1CNC(=O)c1cc(Cl)c2c(c1C)OC(C)(C1C3CCC1CN(CC(F)(F)F)C3)O2. The number of nitrogens with one attached hydrogen (secondary N) is 2. The van der Waals surface area contributed by atoms with Crippen LogP contribution in [0.5, 0.6) is 11.5 Å². The van der Waals surface area contributed by atoms with Gasteiger partial charge in [0, 0.05) is 59.8 Å². The van der Waals surface area contributed by atoms with E-state index in [2.05, 4.69) is 10.3 Å². The first-order valence-electron chi connectivity index (χ1n) is 12.8. The number of amides is 1. The van der Waals surface area contributed by atoms with Gasteiger partial charge in [-0.05, 0) is 56.9 Å². The predicted molar refractivity (Wildman–Crippen MR) is 143 cm³/mol. The highest BCUT2D eigenvalue weighted by Gasteiger charge is 2.57. The number of nitrogens with zero attached hydrogens (tertiary/aromatic N) is 1. The van der Waals surface area contributed by atoms with E-state index in [1.807, 2.05) is 19.2 Å². The van der Waals surface area contributed by atoms with Crippen molar-refractivity contribution in [3.05, 3.63) is 49.9 Å². The van der Waals surface area contributed by atoms with E-state index in [-0.39, 0.29) is 34.9 Å². The van der Waals surface area contributed by atoms with Crippen LogP contribution in [0, 0.1) is 31.6 Å². The van der Waals surface area contributed by atoms with Crippen LogP contribution < -0.4 is 20.3 Å². The number of hydrogen-bond acceptors (Lipinski definition) is 6. The minimum atomic E-state index is -4.24. The maximum absolute atomic E-state index is 13.2. The van der Waals surface area contributed by atoms with Crippen molar-refractivity contribution < 1.29 is 27.4 Å². The summed E-state index contributed by atoms with van der Waals surface area (Å²) in [4.78, 5) is 30.7. The molecule has 1 saturated heterocycles. The summed E-state index contributed by atoms with van der Waals surface area (Å²) in [5, 5.41) is 3.03. The van der Waals surface area contributed by atoms with Crippen molar-refractivity contribution in [2.75, 3.05) is 25.9 Å². The molecule has 212 valence electrons. The number of rotatable bonds is 6. The lowest BCUT2D eigenvalue weighted by atomic mass is 9.79. The zero-order valence-corrected chi connectivity index (χ0v) is 23.7. The fraction of sp³-hybridized carbons (Fsp3) is 0.556. The minimum absolute atomic E-state index is 0.00880. The molecule has 1 aromatic carbocycles. The molecule has 1 aromatic heterocycles. The molecule has 2 aromatic rings. The molecule has 1 saturated carbocycles. The molecule has 2 aliphatic heterocycles. The number of thioether (sulfide) groups is 1. The highest BCUT2D eigenvalue weighted by Crippen LogP contribution is 2.56. The van der Waals surface area contributed by atoms with E-state index in [0.29, 0.717) is 41.3 Å². The van der Waals surface area contributed by atoms with Gasteiger partial charge in [0.05, 0.1) is 11.6 Å². The lowest BCUT2D eigenvalue weighted by Gasteiger charge is -2.44. The molecule has 1 amide bonds. The second-order valence-electron chi connectivity index (χ2n) is 10.9. The molecule has 3 heterocycles. The average Bonchev–Trinajstić information content (AvgIpc) is 3.35. The molecule has 3 unspecified atom stereocenters. The van der Waals surface area contributed by atoms with Crippen LogP contribution in [0.4, 0.5) is 13.2 Å². The van der Waals surface area contributed by atoms with Gasteiger partial charge in [0.1, 0.15) is 0 Å². The van der Waals surface area contributed by atoms with Gasteiger partial charge in [-0.15, -0.1) is 11.8 Å². The number of carbonyl (C=O) groups excluding carboxylic acids is 1. The first-order valence-corrected chi connectivity index (χ1v) is 14.4. The topological polar surface area (TPSA) is 83.7 Å². The second-order valence-corrected chi connectivity index (χ2v) is 12.1. The van der Waals surface area contributed by atoms with Crippen molar-refractivity contribution in [3.63, 3.8) is 0 Å². The zero-order chi connectivity index (χ0) is 28.3. The molecule has 1 aliphatic carbocycles. The summed E-state index contributed by atoms with van der Waals surface area (Å²) in [7, 11) is 0. The molecule has 3 aliphatic rings. The average molecular weight is 586 g/mol. The van der Waals surface area contributed by atoms with E-state index in [9.17, 15) is 22.8 Å². The summed E-state index contributed by atoms with van der Waals surface area (Å²) < 4.78 is 51.8. The number of aromatic nitrogens is 1. The Morgan fingerprint density at radius 1 is 1.21 bits per heavy atom. The largest absolute Gasteiger partial charge is 0.448 e. The van der Waals surface area contributed by atoms with Crippen LogP contribution in [-0.2, 0) is 6.54 Å². The predicted octanol–water partition coefficient (Wildman–Crippen LogP) is 5.30. The van der Waals surface area contributed by atoms with Crippen molar-refractivity contribution in [2.45, 2.75) is 57.0 Å². The Balaban J connectivity index is 1.35. The van der Waals surface area contributed by atoms with Gasteiger partial charge in [-0.2, -0.15) is 13.2 Å². The summed E-state index contributed by atoms with van der Waals surface area (Å²) in [6.07, 6.45) is -0.763. The summed E-state index contributed by atoms with van der Waals surface area (Å²) in [6.45, 7) is 5.13. The maximum Gasteiger partial charge on any atom is 0.401 e. The van der Waals surface area contributed by atoms with Crippen LogP contribution in [0.1, 0.15) is 46.9 Å². The lowest BCUT2D eigenvalue weighted by Crippen LogP contribution is -2.55. The number of hydrogen-bond donors (Lipinski definition) is 2. The van der Waals surface area contributed by atoms with Crippen molar-refractivity contribution >= 4 is 29.3 Å². The summed E-state index contributed by atoms with van der Waals surface area (Å²) in [5.41, 5.74) is 1.78. The highest BCUT2D eigenvalue weighted by molar-refractivity contribution is 7.98. The van der Waals surface area contributed by atoms with Crippen LogP contribution in [-0.4, -0.2) is 53.6 Å². The van der Waals surface area contributed by atoms with Gasteiger partial charge in [-0.1, -0.05) is 11.6 Å². The fourth-order valence-corrected chi connectivity index (χ4v) is 7.52. The Labute approximate surface area is 233 Å². The van der Waals surface area contributed by atoms with Crippen molar-refractivity contribution in [1.29, 1.82) is 0 Å². The highest BCUT2D eigenvalue weighted by atomic mass is 35.5. The van der Waals surface area contributed by atoms with Gasteiger partial charge in [0.25, 0.3) is 17.3 Å². The Kier molecular flexibility index (Phi) is 7.39. The third kappa shape index (κ3) is 5.37. The monoisotopic (exact) mass is 585 g/mol. The number of piperidine rings is 1. The molecule has 0 spiro atoms. The number of pyridine rings is 1. The number of carbonyl (C=O) groups is 1. The van der Waals surface area contributed by atoms with E-state index in [1.165, 1.54) is 22.7 Å². The number of ether oxygens (including phenoxy) is 2. The van der Waals surface area contributed by atoms with E-state index in [1.54, 1.807) is 13.8 Å². The molecular formula is C27H31ClF3N3O4S. The van der Waals surface area contributed by atoms with Crippen LogP contribution in [0.15, 0.2) is 21.8 Å². The van der Waals surface area contributed by atoms with Crippen molar-refractivity contribution in [2.24, 2.45) is 17.8 Å². The lowest BCUT2D eigenvalue weighted by molar-refractivity contribution is -0.173. The summed E-state index contributed by atoms with van der Waals surface area (Å²) >= 11 is 8.00. The van der Waals surface area contributed by atoms with E-state index in [0.717, 1.165) is 23.4 Å². The van der Waals surface area contributed by atoms with Gasteiger partial charge in [-0.3, -0.25) is 14.5 Å². The van der Waals surface area contributed by atoms with Gasteiger partial charge in [0.2, 0.25) is 0 Å². The number of fused-ring (bicyclic) bond motifs is 3. The van der Waals surface area contributed by atoms with Gasteiger partial charge in [-0.25, -0.2) is 0 Å². The van der Waals surface area contributed by atoms with Gasteiger partial charge < -0.3 is 19.8 Å². The van der Waals surface area contributed by atoms with Crippen molar-refractivity contribution in [3.8, 4) is 11.5 Å². The molecule has 39 heavy (non-hydrogen) atoms. The van der Waals surface area contributed by atoms with Crippen LogP contribution in [0.3, 0.4) is 0 Å². The maximum atomic E-state index is 13.2. The number of H-pyrrole nitrogens is 1. The molecule has 2 fully saturated rings. The molecule has 0 radical (unpaired) electrons. The molecule has 7 nitrogen and oxygen atoms in total. The zero-order valence-electron chi connectivity index (χ0n) is 22.1. The first kappa shape index (κ1) is 28.2. The third-order valence-corrected chi connectivity index (χ3v) is 9.17. The van der Waals surface area contributed by atoms with Crippen LogP contribution in [0.2, 0.25) is 5.02 Å². The molecule has 5 rings (SSSR count).